The lowest BCUT2D eigenvalue weighted by molar-refractivity contribution is 0.159. The molecule has 1 heterocycles. The summed E-state index contributed by atoms with van der Waals surface area (Å²) in [7, 11) is 0.444. The molecule has 1 nitrogen and oxygen atoms in total. The fourth-order valence-corrected chi connectivity index (χ4v) is 3.82. The second-order valence-corrected chi connectivity index (χ2v) is 6.67. The van der Waals surface area contributed by atoms with Gasteiger partial charge in [0.15, 0.2) is 4.90 Å². The summed E-state index contributed by atoms with van der Waals surface area (Å²) in [6.45, 7) is 6.43. The van der Waals surface area contributed by atoms with Gasteiger partial charge in [0, 0.05) is 10.9 Å². The van der Waals surface area contributed by atoms with Crippen molar-refractivity contribution in [3.05, 3.63) is 29.8 Å². The molecule has 1 aliphatic rings. The van der Waals surface area contributed by atoms with Gasteiger partial charge in [0.25, 0.3) is 0 Å². The van der Waals surface area contributed by atoms with Crippen LogP contribution in [0.15, 0.2) is 29.2 Å². The molecule has 88 valence electrons. The van der Waals surface area contributed by atoms with E-state index in [9.17, 15) is 0 Å². The van der Waals surface area contributed by atoms with Gasteiger partial charge < -0.3 is 4.74 Å². The summed E-state index contributed by atoms with van der Waals surface area (Å²) in [6, 6.07) is 9.28. The normalized spacial score (nSPS) is 19.6. The van der Waals surface area contributed by atoms with Crippen LogP contribution in [-0.2, 0) is 15.6 Å². The van der Waals surface area contributed by atoms with Gasteiger partial charge in [-0.05, 0) is 30.0 Å². The van der Waals surface area contributed by atoms with E-state index in [1.54, 1.807) is 0 Å². The first kappa shape index (κ1) is 12.0. The van der Waals surface area contributed by atoms with Crippen molar-refractivity contribution in [2.24, 2.45) is 0 Å². The largest absolute Gasteiger partial charge is 0.372 e. The van der Waals surface area contributed by atoms with Crippen LogP contribution >= 0.6 is 0 Å². The smallest absolute Gasteiger partial charge is 0.155 e. The quantitative estimate of drug-likeness (QED) is 0.734. The molecular weight excluding hydrogens is 216 g/mol. The molecule has 1 aromatic carbocycles. The van der Waals surface area contributed by atoms with Gasteiger partial charge >= 0.3 is 0 Å². The van der Waals surface area contributed by atoms with Crippen LogP contribution in [0, 0.1) is 0 Å². The molecule has 0 radical (unpaired) electrons. The first-order chi connectivity index (χ1) is 7.81. The lowest BCUT2D eigenvalue weighted by Crippen LogP contribution is -2.26. The fraction of sp³-hybridized carbons (Fsp3) is 0.571. The third-order valence-corrected chi connectivity index (χ3v) is 5.60. The maximum Gasteiger partial charge on any atom is 0.155 e. The Balaban J connectivity index is 2.06. The van der Waals surface area contributed by atoms with Gasteiger partial charge in [0.2, 0.25) is 0 Å². The monoisotopic (exact) mass is 237 g/mol. The number of hydrogen-bond acceptors (Lipinski definition) is 1. The van der Waals surface area contributed by atoms with E-state index in [0.29, 0.717) is 16.8 Å². The van der Waals surface area contributed by atoms with Gasteiger partial charge in [-0.3, -0.25) is 0 Å². The van der Waals surface area contributed by atoms with E-state index >= 15 is 0 Å². The van der Waals surface area contributed by atoms with Crippen LogP contribution in [0.3, 0.4) is 0 Å². The zero-order valence-corrected chi connectivity index (χ0v) is 11.1. The Labute approximate surface area is 102 Å². The Morgan fingerprint density at radius 1 is 1.19 bits per heavy atom. The minimum absolute atomic E-state index is 0.444. The highest BCUT2D eigenvalue weighted by Crippen LogP contribution is 2.22. The van der Waals surface area contributed by atoms with E-state index < -0.39 is 0 Å². The second-order valence-electron chi connectivity index (χ2n) is 4.39. The van der Waals surface area contributed by atoms with E-state index in [1.165, 1.54) is 28.4 Å². The number of rotatable bonds is 3. The van der Waals surface area contributed by atoms with Gasteiger partial charge in [-0.2, -0.15) is 0 Å². The maximum absolute atomic E-state index is 5.41. The third-order valence-electron chi connectivity index (χ3n) is 3.34. The van der Waals surface area contributed by atoms with Crippen molar-refractivity contribution in [3.8, 4) is 0 Å². The van der Waals surface area contributed by atoms with Crippen LogP contribution in [0.4, 0.5) is 0 Å². The topological polar surface area (TPSA) is 9.23 Å². The molecule has 0 aliphatic carbocycles. The molecule has 1 aliphatic heterocycles. The summed E-state index contributed by atoms with van der Waals surface area (Å²) in [6.07, 6.45) is 1.22. The molecule has 2 rings (SSSR count). The van der Waals surface area contributed by atoms with Crippen LogP contribution < -0.4 is 0 Å². The molecule has 1 saturated heterocycles. The zero-order valence-electron chi connectivity index (χ0n) is 10.2. The first-order valence-corrected chi connectivity index (χ1v) is 7.72. The predicted octanol–water partition coefficient (Wildman–Crippen LogP) is 3.21. The maximum atomic E-state index is 5.41. The van der Waals surface area contributed by atoms with Crippen LogP contribution in [0.5, 0.6) is 0 Å². The van der Waals surface area contributed by atoms with Crippen molar-refractivity contribution in [2.45, 2.75) is 31.1 Å². The predicted molar refractivity (Wildman–Crippen MR) is 71.3 cm³/mol. The van der Waals surface area contributed by atoms with E-state index in [1.807, 2.05) is 0 Å². The minimum atomic E-state index is 0.444. The van der Waals surface area contributed by atoms with E-state index in [0.717, 1.165) is 13.2 Å². The Morgan fingerprint density at radius 3 is 2.38 bits per heavy atom. The highest BCUT2D eigenvalue weighted by atomic mass is 32.2. The molecular formula is C14H21OS+. The van der Waals surface area contributed by atoms with Gasteiger partial charge in [-0.25, -0.2) is 0 Å². The lowest BCUT2D eigenvalue weighted by Gasteiger charge is -2.15. The molecule has 0 saturated carbocycles. The Bertz CT molecular complexity index is 314. The molecule has 1 atom stereocenters. The van der Waals surface area contributed by atoms with E-state index in [4.69, 9.17) is 4.74 Å². The molecule has 0 spiro atoms. The van der Waals surface area contributed by atoms with Gasteiger partial charge in [-0.15, -0.1) is 0 Å². The molecule has 0 aromatic heterocycles. The third kappa shape index (κ3) is 2.80. The van der Waals surface area contributed by atoms with Gasteiger partial charge in [-0.1, -0.05) is 26.0 Å². The Kier molecular flexibility index (Phi) is 4.30. The van der Waals surface area contributed by atoms with Crippen molar-refractivity contribution >= 4 is 10.9 Å². The minimum Gasteiger partial charge on any atom is -0.372 e. The Morgan fingerprint density at radius 2 is 1.81 bits per heavy atom. The van der Waals surface area contributed by atoms with Crippen LogP contribution in [0.25, 0.3) is 0 Å². The number of hydrogen-bond donors (Lipinski definition) is 0. The van der Waals surface area contributed by atoms with Crippen molar-refractivity contribution < 1.29 is 4.74 Å². The first-order valence-electron chi connectivity index (χ1n) is 6.16. The fourth-order valence-electron chi connectivity index (χ4n) is 1.98. The molecule has 2 heteroatoms. The SMILES string of the molecule is CCC(C)c1ccc([S+]2CCOCC2)cc1. The van der Waals surface area contributed by atoms with Crippen molar-refractivity contribution in [1.29, 1.82) is 0 Å². The van der Waals surface area contributed by atoms with Gasteiger partial charge in [0.1, 0.15) is 11.5 Å². The van der Waals surface area contributed by atoms with Crippen LogP contribution in [0.2, 0.25) is 0 Å². The standard InChI is InChI=1S/C14H21OS/c1-3-12(2)13-4-6-14(7-5-13)16-10-8-15-9-11-16/h4-7,12H,3,8-11H2,1-2H3/q+1. The lowest BCUT2D eigenvalue weighted by atomic mass is 9.99. The molecule has 1 unspecified atom stereocenters. The average Bonchev–Trinajstić information content (AvgIpc) is 2.39. The summed E-state index contributed by atoms with van der Waals surface area (Å²) in [5.74, 6) is 3.11. The Hall–Kier alpha value is -0.470. The number of ether oxygens (including phenoxy) is 1. The van der Waals surface area contributed by atoms with E-state index in [2.05, 4.69) is 38.1 Å². The zero-order chi connectivity index (χ0) is 11.4. The summed E-state index contributed by atoms with van der Waals surface area (Å²) in [4.78, 5) is 1.52. The molecule has 0 bridgehead atoms. The van der Waals surface area contributed by atoms with Gasteiger partial charge in [0.05, 0.1) is 13.2 Å². The summed E-state index contributed by atoms with van der Waals surface area (Å²) < 4.78 is 5.41. The summed E-state index contributed by atoms with van der Waals surface area (Å²) in [5.41, 5.74) is 1.48. The highest BCUT2D eigenvalue weighted by Gasteiger charge is 2.24. The summed E-state index contributed by atoms with van der Waals surface area (Å²) >= 11 is 0. The molecule has 1 aromatic rings. The summed E-state index contributed by atoms with van der Waals surface area (Å²) in [5, 5.41) is 0. The molecule has 1 fully saturated rings. The van der Waals surface area contributed by atoms with Crippen molar-refractivity contribution in [3.63, 3.8) is 0 Å². The second kappa shape index (κ2) is 5.74. The van der Waals surface area contributed by atoms with Crippen LogP contribution in [0.1, 0.15) is 31.7 Å². The molecule has 16 heavy (non-hydrogen) atoms. The van der Waals surface area contributed by atoms with Crippen molar-refractivity contribution in [1.82, 2.24) is 0 Å². The molecule has 0 N–H and O–H groups in total. The highest BCUT2D eigenvalue weighted by molar-refractivity contribution is 7.97. The molecule has 0 amide bonds. The van der Waals surface area contributed by atoms with Crippen LogP contribution in [-0.4, -0.2) is 24.7 Å². The average molecular weight is 237 g/mol. The van der Waals surface area contributed by atoms with Crippen molar-refractivity contribution in [2.75, 3.05) is 24.7 Å². The van der Waals surface area contributed by atoms with E-state index in [-0.39, 0.29) is 0 Å². The number of benzene rings is 1.